The molecule has 0 aromatic heterocycles. The minimum Gasteiger partial charge on any atom is -0.457 e. The zero-order chi connectivity index (χ0) is 40.6. The predicted molar refractivity (Wildman–Crippen MR) is 246 cm³/mol. The van der Waals surface area contributed by atoms with Gasteiger partial charge in [-0.15, -0.1) is 0 Å². The molecule has 300 valence electrons. The average Bonchev–Trinajstić information content (AvgIpc) is 3.75. The molecular formula is C58H57NO. The van der Waals surface area contributed by atoms with E-state index in [-0.39, 0.29) is 21.7 Å². The molecule has 0 saturated heterocycles. The Kier molecular flexibility index (Phi) is 6.91. The summed E-state index contributed by atoms with van der Waals surface area (Å²) in [5.74, 6) is 5.29. The van der Waals surface area contributed by atoms with Gasteiger partial charge in [-0.25, -0.2) is 0 Å². The zero-order valence-corrected chi connectivity index (χ0v) is 36.2. The lowest BCUT2D eigenvalue weighted by Crippen LogP contribution is -2.64. The molecule has 1 heterocycles. The summed E-state index contributed by atoms with van der Waals surface area (Å²) in [6.07, 6.45) is 9.52. The van der Waals surface area contributed by atoms with E-state index in [9.17, 15) is 0 Å². The molecule has 1 aliphatic heterocycles. The highest BCUT2D eigenvalue weighted by molar-refractivity contribution is 5.87. The number of hydrogen-bond donors (Lipinski definition) is 0. The third-order valence-electron chi connectivity index (χ3n) is 18.0. The van der Waals surface area contributed by atoms with Gasteiger partial charge in [-0.05, 0) is 178 Å². The summed E-state index contributed by atoms with van der Waals surface area (Å²) in [6.45, 7) is 14.5. The summed E-state index contributed by atoms with van der Waals surface area (Å²) in [5.41, 5.74) is 18.4. The van der Waals surface area contributed by atoms with E-state index in [4.69, 9.17) is 4.74 Å². The number of rotatable bonds is 4. The Hall–Kier alpha value is -5.08. The topological polar surface area (TPSA) is 12.5 Å². The predicted octanol–water partition coefficient (Wildman–Crippen LogP) is 15.3. The van der Waals surface area contributed by atoms with E-state index < -0.39 is 0 Å². The number of nitrogens with zero attached hydrogens (tertiary/aromatic N) is 1. The minimum atomic E-state index is -0.0995. The second-order valence-corrected chi connectivity index (χ2v) is 22.1. The number of para-hydroxylation sites is 1. The van der Waals surface area contributed by atoms with Crippen LogP contribution in [0.4, 0.5) is 17.1 Å². The first-order valence-electron chi connectivity index (χ1n) is 23.1. The molecule has 2 heteroatoms. The standard InChI is InChI=1S/C58H57NO/c1-54(2)24-25-55(3,4)48-30-38(18-22-45(48)54)37-12-11-13-39(29-37)59(40-19-21-43-42-14-7-8-15-44(42)56(5,6)47(43)31-40)41-20-23-51-49(32-41)58(46-16-9-10-17-50(46)60-51)52-27-35-26-36-28-53(58)57(52,33-35)34-36/h7-23,29-32,35-36,52-53H,24-28,33-34H2,1-6H3. The molecule has 6 aliphatic carbocycles. The van der Waals surface area contributed by atoms with Crippen LogP contribution in [-0.2, 0) is 21.7 Å². The number of ether oxygens (including phenoxy) is 1. The number of benzene rings is 6. The smallest absolute Gasteiger partial charge is 0.131 e. The van der Waals surface area contributed by atoms with Gasteiger partial charge in [-0.1, -0.05) is 120 Å². The highest BCUT2D eigenvalue weighted by atomic mass is 16.5. The van der Waals surface area contributed by atoms with E-state index in [2.05, 4.69) is 174 Å². The molecule has 4 unspecified atom stereocenters. The molecule has 13 rings (SSSR count). The first-order chi connectivity index (χ1) is 28.9. The van der Waals surface area contributed by atoms with Crippen LogP contribution in [0.25, 0.3) is 22.3 Å². The summed E-state index contributed by atoms with van der Waals surface area (Å²) in [5, 5.41) is 0. The van der Waals surface area contributed by atoms with Crippen molar-refractivity contribution in [1.29, 1.82) is 0 Å². The van der Waals surface area contributed by atoms with E-state index >= 15 is 0 Å². The van der Waals surface area contributed by atoms with Crippen molar-refractivity contribution >= 4 is 17.1 Å². The van der Waals surface area contributed by atoms with E-state index in [0.29, 0.717) is 17.3 Å². The average molecular weight is 784 g/mol. The maximum Gasteiger partial charge on any atom is 0.131 e. The Morgan fingerprint density at radius 2 is 1.08 bits per heavy atom. The maximum atomic E-state index is 6.95. The maximum absolute atomic E-state index is 6.95. The van der Waals surface area contributed by atoms with E-state index in [1.54, 1.807) is 0 Å². The lowest BCUT2D eigenvalue weighted by molar-refractivity contribution is -0.0882. The highest BCUT2D eigenvalue weighted by Gasteiger charge is 2.79. The van der Waals surface area contributed by atoms with E-state index in [1.807, 2.05) is 0 Å². The third kappa shape index (κ3) is 4.46. The van der Waals surface area contributed by atoms with Gasteiger partial charge >= 0.3 is 0 Å². The van der Waals surface area contributed by atoms with Crippen LogP contribution in [0.1, 0.15) is 120 Å². The van der Waals surface area contributed by atoms with Crippen LogP contribution >= 0.6 is 0 Å². The molecule has 4 saturated carbocycles. The van der Waals surface area contributed by atoms with Crippen molar-refractivity contribution in [3.8, 4) is 33.8 Å². The molecular weight excluding hydrogens is 727 g/mol. The number of hydrogen-bond acceptors (Lipinski definition) is 2. The van der Waals surface area contributed by atoms with Gasteiger partial charge in [0.05, 0.1) is 0 Å². The van der Waals surface area contributed by atoms with Crippen molar-refractivity contribution in [2.45, 2.75) is 108 Å². The summed E-state index contributed by atoms with van der Waals surface area (Å²) in [4.78, 5) is 2.56. The molecule has 0 amide bonds. The van der Waals surface area contributed by atoms with Crippen molar-refractivity contribution in [2.75, 3.05) is 4.90 Å². The minimum absolute atomic E-state index is 0.00288. The SMILES string of the molecule is CC1(C)CCC(C)(C)c2cc(-c3cccc(N(c4ccc5c(c4)C(C)(C)c4ccccc4-5)c4ccc5c(c4)C4(c6ccccc6O5)C5CC6CC7CC4C5(C6)C7)c3)ccc21. The zero-order valence-electron chi connectivity index (χ0n) is 36.2. The summed E-state index contributed by atoms with van der Waals surface area (Å²) in [7, 11) is 0. The van der Waals surface area contributed by atoms with Crippen LogP contribution in [0, 0.1) is 29.1 Å². The van der Waals surface area contributed by atoms with Gasteiger partial charge in [-0.2, -0.15) is 0 Å². The van der Waals surface area contributed by atoms with Gasteiger partial charge in [0, 0.05) is 39.0 Å². The van der Waals surface area contributed by atoms with Gasteiger partial charge in [0.15, 0.2) is 0 Å². The molecule has 7 aliphatic rings. The molecule has 4 fully saturated rings. The van der Waals surface area contributed by atoms with E-state index in [1.165, 1.54) is 118 Å². The third-order valence-corrected chi connectivity index (χ3v) is 18.0. The van der Waals surface area contributed by atoms with Crippen molar-refractivity contribution in [2.24, 2.45) is 29.1 Å². The van der Waals surface area contributed by atoms with Crippen molar-refractivity contribution in [3.05, 3.63) is 161 Å². The quantitative estimate of drug-likeness (QED) is 0.177. The molecule has 2 spiro atoms. The molecule has 60 heavy (non-hydrogen) atoms. The fourth-order valence-electron chi connectivity index (χ4n) is 15.4. The Balaban J connectivity index is 1.00. The lowest BCUT2D eigenvalue weighted by Gasteiger charge is -2.66. The van der Waals surface area contributed by atoms with Gasteiger partial charge in [0.25, 0.3) is 0 Å². The van der Waals surface area contributed by atoms with Crippen LogP contribution in [-0.4, -0.2) is 0 Å². The second-order valence-electron chi connectivity index (χ2n) is 22.1. The van der Waals surface area contributed by atoms with Gasteiger partial charge in [0.1, 0.15) is 11.5 Å². The lowest BCUT2D eigenvalue weighted by atomic mass is 9.37. The molecule has 0 radical (unpaired) electrons. The number of anilines is 3. The van der Waals surface area contributed by atoms with Crippen LogP contribution < -0.4 is 9.64 Å². The van der Waals surface area contributed by atoms with Crippen LogP contribution in [0.3, 0.4) is 0 Å². The van der Waals surface area contributed by atoms with Gasteiger partial charge in [0.2, 0.25) is 0 Å². The largest absolute Gasteiger partial charge is 0.457 e. The Morgan fingerprint density at radius 1 is 0.467 bits per heavy atom. The molecule has 3 bridgehead atoms. The fraction of sp³-hybridized carbons (Fsp3) is 0.379. The molecule has 0 N–H and O–H groups in total. The summed E-state index contributed by atoms with van der Waals surface area (Å²) in [6, 6.07) is 49.4. The Labute approximate surface area is 357 Å². The molecule has 2 nitrogen and oxygen atoms in total. The van der Waals surface area contributed by atoms with E-state index in [0.717, 1.165) is 23.3 Å². The first kappa shape index (κ1) is 35.7. The summed E-state index contributed by atoms with van der Waals surface area (Å²) < 4.78 is 6.95. The van der Waals surface area contributed by atoms with Crippen LogP contribution in [0.15, 0.2) is 127 Å². The highest BCUT2D eigenvalue weighted by Crippen LogP contribution is 2.85. The van der Waals surface area contributed by atoms with Crippen molar-refractivity contribution in [3.63, 3.8) is 0 Å². The van der Waals surface area contributed by atoms with Crippen molar-refractivity contribution < 1.29 is 4.74 Å². The Morgan fingerprint density at radius 3 is 1.87 bits per heavy atom. The fourth-order valence-corrected chi connectivity index (χ4v) is 15.4. The van der Waals surface area contributed by atoms with Crippen LogP contribution in [0.5, 0.6) is 11.5 Å². The second kappa shape index (κ2) is 11.6. The normalized spacial score (nSPS) is 29.4. The van der Waals surface area contributed by atoms with Crippen LogP contribution in [0.2, 0.25) is 0 Å². The molecule has 4 atom stereocenters. The monoisotopic (exact) mass is 783 g/mol. The molecule has 6 aromatic rings. The summed E-state index contributed by atoms with van der Waals surface area (Å²) >= 11 is 0. The van der Waals surface area contributed by atoms with Gasteiger partial charge < -0.3 is 9.64 Å². The first-order valence-corrected chi connectivity index (χ1v) is 23.1. The Bertz CT molecular complexity index is 2790. The molecule has 6 aromatic carbocycles. The number of fused-ring (bicyclic) bond motifs is 12. The van der Waals surface area contributed by atoms with Crippen molar-refractivity contribution in [1.82, 2.24) is 0 Å². The van der Waals surface area contributed by atoms with Gasteiger partial charge in [-0.3, -0.25) is 0 Å².